The van der Waals surface area contributed by atoms with Crippen LogP contribution < -0.4 is 4.74 Å². The van der Waals surface area contributed by atoms with Gasteiger partial charge in [0.1, 0.15) is 11.6 Å². The van der Waals surface area contributed by atoms with Crippen molar-refractivity contribution < 1.29 is 14.3 Å². The SMILES string of the molecule is COCCN1CC(c2nc(-c3ccc(OC)cc3)c(C)[nH]2)CC1=O. The van der Waals surface area contributed by atoms with Gasteiger partial charge in [0.15, 0.2) is 0 Å². The Bertz CT molecular complexity index is 709. The Kier molecular flexibility index (Phi) is 4.85. The first-order chi connectivity index (χ1) is 11.6. The molecule has 1 fully saturated rings. The number of carbonyl (C=O) groups is 1. The number of nitrogens with one attached hydrogen (secondary N) is 1. The molecule has 2 heterocycles. The number of carbonyl (C=O) groups excluding carboxylic acids is 1. The highest BCUT2D eigenvalue weighted by Crippen LogP contribution is 2.30. The van der Waals surface area contributed by atoms with Gasteiger partial charge in [-0.05, 0) is 31.2 Å². The number of nitrogens with zero attached hydrogens (tertiary/aromatic N) is 2. The van der Waals surface area contributed by atoms with Gasteiger partial charge in [-0.1, -0.05) is 0 Å². The fourth-order valence-corrected chi connectivity index (χ4v) is 3.08. The largest absolute Gasteiger partial charge is 0.497 e. The van der Waals surface area contributed by atoms with E-state index in [1.54, 1.807) is 14.2 Å². The molecule has 0 bridgehead atoms. The molecule has 1 amide bonds. The molecule has 24 heavy (non-hydrogen) atoms. The van der Waals surface area contributed by atoms with E-state index in [0.29, 0.717) is 26.1 Å². The quantitative estimate of drug-likeness (QED) is 0.883. The first-order valence-corrected chi connectivity index (χ1v) is 8.10. The summed E-state index contributed by atoms with van der Waals surface area (Å²) in [5.74, 6) is 1.98. The number of hydrogen-bond acceptors (Lipinski definition) is 4. The molecule has 1 aromatic heterocycles. The monoisotopic (exact) mass is 329 g/mol. The predicted molar refractivity (Wildman–Crippen MR) is 91.1 cm³/mol. The molecule has 0 aliphatic carbocycles. The summed E-state index contributed by atoms with van der Waals surface area (Å²) in [6.07, 6.45) is 0.499. The van der Waals surface area contributed by atoms with Gasteiger partial charge in [0.2, 0.25) is 5.91 Å². The Morgan fingerprint density at radius 2 is 2.04 bits per heavy atom. The van der Waals surface area contributed by atoms with Gasteiger partial charge in [-0.25, -0.2) is 4.98 Å². The third-order valence-electron chi connectivity index (χ3n) is 4.43. The maximum absolute atomic E-state index is 12.1. The van der Waals surface area contributed by atoms with Crippen molar-refractivity contribution in [3.05, 3.63) is 35.8 Å². The summed E-state index contributed by atoms with van der Waals surface area (Å²) in [6.45, 7) is 3.90. The maximum Gasteiger partial charge on any atom is 0.223 e. The summed E-state index contributed by atoms with van der Waals surface area (Å²) in [5.41, 5.74) is 2.98. The van der Waals surface area contributed by atoms with Crippen LogP contribution in [0.15, 0.2) is 24.3 Å². The zero-order valence-electron chi connectivity index (χ0n) is 14.3. The molecule has 1 aliphatic rings. The number of rotatable bonds is 6. The zero-order chi connectivity index (χ0) is 17.1. The third-order valence-corrected chi connectivity index (χ3v) is 4.43. The number of methoxy groups -OCH3 is 2. The van der Waals surface area contributed by atoms with Crippen molar-refractivity contribution in [2.24, 2.45) is 0 Å². The van der Waals surface area contributed by atoms with Crippen LogP contribution in [0.25, 0.3) is 11.3 Å². The number of aryl methyl sites for hydroxylation is 1. The van der Waals surface area contributed by atoms with Crippen molar-refractivity contribution in [2.45, 2.75) is 19.3 Å². The molecule has 1 saturated heterocycles. The first kappa shape index (κ1) is 16.5. The van der Waals surface area contributed by atoms with Crippen LogP contribution in [0.4, 0.5) is 0 Å². The second-order valence-corrected chi connectivity index (χ2v) is 6.06. The van der Waals surface area contributed by atoms with E-state index in [-0.39, 0.29) is 11.8 Å². The molecule has 6 nitrogen and oxygen atoms in total. The molecule has 1 atom stereocenters. The molecular weight excluding hydrogens is 306 g/mol. The van der Waals surface area contributed by atoms with Crippen molar-refractivity contribution in [3.8, 4) is 17.0 Å². The predicted octanol–water partition coefficient (Wildman–Crippen LogP) is 2.36. The third kappa shape index (κ3) is 3.28. The fourth-order valence-electron chi connectivity index (χ4n) is 3.08. The van der Waals surface area contributed by atoms with Crippen molar-refractivity contribution in [2.75, 3.05) is 33.9 Å². The van der Waals surface area contributed by atoms with E-state index in [1.165, 1.54) is 0 Å². The summed E-state index contributed by atoms with van der Waals surface area (Å²) in [4.78, 5) is 22.1. The molecular formula is C18H23N3O3. The van der Waals surface area contributed by atoms with Gasteiger partial charge >= 0.3 is 0 Å². The second kappa shape index (κ2) is 7.05. The number of ether oxygens (including phenoxy) is 2. The molecule has 2 aromatic rings. The number of benzene rings is 1. The molecule has 3 rings (SSSR count). The van der Waals surface area contributed by atoms with Gasteiger partial charge in [-0.3, -0.25) is 4.79 Å². The zero-order valence-corrected chi connectivity index (χ0v) is 14.3. The Morgan fingerprint density at radius 1 is 1.29 bits per heavy atom. The van der Waals surface area contributed by atoms with E-state index < -0.39 is 0 Å². The average molecular weight is 329 g/mol. The van der Waals surface area contributed by atoms with E-state index in [9.17, 15) is 4.79 Å². The Hall–Kier alpha value is -2.34. The van der Waals surface area contributed by atoms with Crippen LogP contribution >= 0.6 is 0 Å². The van der Waals surface area contributed by atoms with E-state index in [0.717, 1.165) is 28.5 Å². The van der Waals surface area contributed by atoms with Gasteiger partial charge in [0, 0.05) is 43.8 Å². The van der Waals surface area contributed by atoms with Crippen LogP contribution in [-0.2, 0) is 9.53 Å². The van der Waals surface area contributed by atoms with Crippen molar-refractivity contribution in [3.63, 3.8) is 0 Å². The molecule has 0 saturated carbocycles. The maximum atomic E-state index is 12.1. The van der Waals surface area contributed by atoms with E-state index in [1.807, 2.05) is 36.1 Å². The number of imidazole rings is 1. The number of likely N-dealkylation sites (tertiary alicyclic amines) is 1. The molecule has 128 valence electrons. The fraction of sp³-hybridized carbons (Fsp3) is 0.444. The normalized spacial score (nSPS) is 17.5. The minimum absolute atomic E-state index is 0.111. The van der Waals surface area contributed by atoms with E-state index in [4.69, 9.17) is 14.5 Å². The standard InChI is InChI=1S/C18H23N3O3/c1-12-17(13-4-6-15(24-3)7-5-13)20-18(19-12)14-10-16(22)21(11-14)8-9-23-2/h4-7,14H,8-11H2,1-3H3,(H,19,20). The number of aromatic nitrogens is 2. The highest BCUT2D eigenvalue weighted by Gasteiger charge is 2.32. The van der Waals surface area contributed by atoms with Crippen LogP contribution in [0.2, 0.25) is 0 Å². The van der Waals surface area contributed by atoms with Crippen LogP contribution in [0.3, 0.4) is 0 Å². The molecule has 1 aromatic carbocycles. The smallest absolute Gasteiger partial charge is 0.223 e. The highest BCUT2D eigenvalue weighted by atomic mass is 16.5. The average Bonchev–Trinajstić information content (AvgIpc) is 3.16. The Balaban J connectivity index is 1.77. The lowest BCUT2D eigenvalue weighted by molar-refractivity contribution is -0.128. The minimum Gasteiger partial charge on any atom is -0.497 e. The van der Waals surface area contributed by atoms with Gasteiger partial charge < -0.3 is 19.4 Å². The molecule has 6 heteroatoms. The number of aromatic amines is 1. The molecule has 1 unspecified atom stereocenters. The van der Waals surface area contributed by atoms with Gasteiger partial charge in [-0.2, -0.15) is 0 Å². The number of hydrogen-bond donors (Lipinski definition) is 1. The van der Waals surface area contributed by atoms with Crippen LogP contribution in [0, 0.1) is 6.92 Å². The van der Waals surface area contributed by atoms with E-state index >= 15 is 0 Å². The molecule has 0 spiro atoms. The van der Waals surface area contributed by atoms with Crippen molar-refractivity contribution >= 4 is 5.91 Å². The summed E-state index contributed by atoms with van der Waals surface area (Å²) in [6, 6.07) is 7.84. The summed E-state index contributed by atoms with van der Waals surface area (Å²) in [5, 5.41) is 0. The van der Waals surface area contributed by atoms with Crippen LogP contribution in [0.5, 0.6) is 5.75 Å². The first-order valence-electron chi connectivity index (χ1n) is 8.10. The summed E-state index contributed by atoms with van der Waals surface area (Å²) >= 11 is 0. The summed E-state index contributed by atoms with van der Waals surface area (Å²) in [7, 11) is 3.30. The number of amides is 1. The molecule has 1 N–H and O–H groups in total. The Labute approximate surface area is 141 Å². The van der Waals surface area contributed by atoms with E-state index in [2.05, 4.69) is 4.98 Å². The highest BCUT2D eigenvalue weighted by molar-refractivity contribution is 5.79. The number of H-pyrrole nitrogens is 1. The molecule has 0 radical (unpaired) electrons. The lowest BCUT2D eigenvalue weighted by atomic mass is 10.1. The van der Waals surface area contributed by atoms with Gasteiger partial charge in [0.25, 0.3) is 0 Å². The van der Waals surface area contributed by atoms with Gasteiger partial charge in [0.05, 0.1) is 19.4 Å². The summed E-state index contributed by atoms with van der Waals surface area (Å²) < 4.78 is 10.3. The van der Waals surface area contributed by atoms with Crippen LogP contribution in [-0.4, -0.2) is 54.7 Å². The Morgan fingerprint density at radius 3 is 2.71 bits per heavy atom. The molecule has 1 aliphatic heterocycles. The van der Waals surface area contributed by atoms with Gasteiger partial charge in [-0.15, -0.1) is 0 Å². The van der Waals surface area contributed by atoms with Crippen LogP contribution in [0.1, 0.15) is 23.9 Å². The lowest BCUT2D eigenvalue weighted by Gasteiger charge is -2.15. The van der Waals surface area contributed by atoms with Crippen molar-refractivity contribution in [1.29, 1.82) is 0 Å². The minimum atomic E-state index is 0.111. The lowest BCUT2D eigenvalue weighted by Crippen LogP contribution is -2.28. The van der Waals surface area contributed by atoms with Crippen molar-refractivity contribution in [1.82, 2.24) is 14.9 Å². The second-order valence-electron chi connectivity index (χ2n) is 6.06. The topological polar surface area (TPSA) is 67.5 Å².